The number of aliphatic carboxylic acids is 1. The zero-order valence-electron chi connectivity index (χ0n) is 22.4. The van der Waals surface area contributed by atoms with E-state index in [2.05, 4.69) is 10.0 Å². The Bertz CT molecular complexity index is 1790. The maximum Gasteiger partial charge on any atom is 0.391 e. The van der Waals surface area contributed by atoms with Gasteiger partial charge in [-0.05, 0) is 54.8 Å². The molecule has 0 radical (unpaired) electrons. The predicted octanol–water partition coefficient (Wildman–Crippen LogP) is 3.45. The van der Waals surface area contributed by atoms with E-state index in [0.29, 0.717) is 10.6 Å². The molecule has 4 atom stereocenters. The maximum absolute atomic E-state index is 13.9. The fourth-order valence-corrected chi connectivity index (χ4v) is 9.14. The van der Waals surface area contributed by atoms with Crippen molar-refractivity contribution in [2.24, 2.45) is 0 Å². The lowest BCUT2D eigenvalue weighted by molar-refractivity contribution is -0.893. The van der Waals surface area contributed by atoms with Crippen LogP contribution in [0.5, 0.6) is 0 Å². The fourth-order valence-electron chi connectivity index (χ4n) is 5.80. The highest BCUT2D eigenvalue weighted by Crippen LogP contribution is 2.60. The summed E-state index contributed by atoms with van der Waals surface area (Å²) in [6, 6.07) is 13.4. The van der Waals surface area contributed by atoms with Crippen molar-refractivity contribution in [2.45, 2.75) is 35.8 Å². The maximum atomic E-state index is 13.9. The molecule has 1 spiro atoms. The van der Waals surface area contributed by atoms with Crippen LogP contribution in [-0.4, -0.2) is 65.2 Å². The van der Waals surface area contributed by atoms with Crippen molar-refractivity contribution in [3.8, 4) is 0 Å². The molecule has 3 N–H and O–H groups in total. The van der Waals surface area contributed by atoms with Crippen molar-refractivity contribution >= 4 is 74.2 Å². The van der Waals surface area contributed by atoms with E-state index < -0.39 is 50.0 Å². The van der Waals surface area contributed by atoms with E-state index in [9.17, 15) is 32.7 Å². The molecule has 11 nitrogen and oxygen atoms in total. The highest BCUT2D eigenvalue weighted by molar-refractivity contribution is 8.00. The minimum absolute atomic E-state index is 0.0608. The Kier molecular flexibility index (Phi) is 7.37. The molecule has 4 aliphatic heterocycles. The summed E-state index contributed by atoms with van der Waals surface area (Å²) in [6.07, 6.45) is -1.09. The second kappa shape index (κ2) is 10.8. The number of nitrogens with one attached hydrogen (secondary N) is 2. The first-order chi connectivity index (χ1) is 20.4. The van der Waals surface area contributed by atoms with Crippen LogP contribution in [0.4, 0.5) is 10.5 Å². The van der Waals surface area contributed by atoms with Gasteiger partial charge in [0.2, 0.25) is 23.8 Å². The van der Waals surface area contributed by atoms with Gasteiger partial charge in [0.1, 0.15) is 0 Å². The smallest absolute Gasteiger partial charge is 0.391 e. The topological polar surface area (TPSA) is 150 Å². The molecule has 3 aromatic rings. The number of benzene rings is 2. The Morgan fingerprint density at radius 2 is 1.79 bits per heavy atom. The number of nitrogens with zero attached hydrogens (tertiary/aromatic N) is 2. The number of β-lactam (4-membered cyclic amide) rings is 1. The number of halogens is 1. The summed E-state index contributed by atoms with van der Waals surface area (Å²) in [7, 11) is -4.34. The molecular formula is C28H24ClN4O7S3+. The molecule has 0 aliphatic carbocycles. The first-order valence-electron chi connectivity index (χ1n) is 13.0. The Morgan fingerprint density at radius 1 is 1.09 bits per heavy atom. The number of thiophene rings is 1. The predicted molar refractivity (Wildman–Crippen MR) is 161 cm³/mol. The first-order valence-corrected chi connectivity index (χ1v) is 16.8. The Morgan fingerprint density at radius 3 is 2.42 bits per heavy atom. The number of fused-ring (bicyclic) bond motifs is 1. The number of sulfonamides is 1. The highest BCUT2D eigenvalue weighted by Gasteiger charge is 2.82. The summed E-state index contributed by atoms with van der Waals surface area (Å²) >= 11 is 8.79. The summed E-state index contributed by atoms with van der Waals surface area (Å²) in [4.78, 5) is 54.8. The zero-order chi connectivity index (χ0) is 30.7. The number of carboxylic acid groups (broad SMARTS) is 1. The van der Waals surface area contributed by atoms with Crippen molar-refractivity contribution in [3.05, 3.63) is 92.8 Å². The number of hydrogen-bond donors (Lipinski definition) is 3. The summed E-state index contributed by atoms with van der Waals surface area (Å²) in [5, 5.41) is 14.3. The monoisotopic (exact) mass is 659 g/mol. The number of amides is 4. The van der Waals surface area contributed by atoms with Gasteiger partial charge in [-0.25, -0.2) is 32.4 Å². The van der Waals surface area contributed by atoms with Gasteiger partial charge in [0.15, 0.2) is 5.37 Å². The van der Waals surface area contributed by atoms with Crippen LogP contribution < -0.4 is 14.9 Å². The molecule has 2 saturated heterocycles. The number of quaternary nitrogens is 1. The van der Waals surface area contributed by atoms with Crippen LogP contribution in [0.1, 0.15) is 10.4 Å². The average molecular weight is 660 g/mol. The molecule has 2 bridgehead atoms. The van der Waals surface area contributed by atoms with Gasteiger partial charge >= 0.3 is 17.9 Å². The molecule has 43 heavy (non-hydrogen) atoms. The van der Waals surface area contributed by atoms with Crippen molar-refractivity contribution in [1.82, 2.24) is 10.0 Å². The van der Waals surface area contributed by atoms with Crippen LogP contribution in [0.25, 0.3) is 0 Å². The SMILES string of the molecule is Cc1ccc(S(=O)(=O)NC(=O)N(c2ccc(Cl)cc2)C2C3=C(C(=O)O)[N+]24C(=O)[C@@H](NC(=O)Cc2cccs2)[C@@H]4SC3)cc1. The standard InChI is InChI=1S/C28H23ClN4O7S3/c1-15-4-10-19(11-5-15)43(39,40)31-28(38)32(17-8-6-16(29)7-9-17)24-20-14-42-26-22(25(35)33(24,26)23(20)27(36)37)30-21(34)13-18-3-2-12-41-18/h2-12,22,24,26H,13-14H2,1H3,(H2-,30,31,34,36,37,38)/p+1/t22-,24?,26+,33?/m1/s1. The second-order valence-electron chi connectivity index (χ2n) is 10.2. The largest absolute Gasteiger partial charge is 0.474 e. The number of carbonyl (C=O) groups excluding carboxylic acids is 3. The molecule has 7 rings (SSSR count). The molecule has 2 aromatic carbocycles. The molecule has 15 heteroatoms. The Hall–Kier alpha value is -3.69. The highest BCUT2D eigenvalue weighted by atomic mass is 35.5. The second-order valence-corrected chi connectivity index (χ2v) is 14.5. The van der Waals surface area contributed by atoms with Gasteiger partial charge in [0.05, 0.1) is 22.6 Å². The van der Waals surface area contributed by atoms with Gasteiger partial charge in [-0.3, -0.25) is 4.79 Å². The van der Waals surface area contributed by atoms with Gasteiger partial charge in [-0.1, -0.05) is 47.1 Å². The third-order valence-electron chi connectivity index (χ3n) is 7.65. The minimum Gasteiger partial charge on any atom is -0.474 e. The summed E-state index contributed by atoms with van der Waals surface area (Å²) in [6.45, 7) is 1.79. The summed E-state index contributed by atoms with van der Waals surface area (Å²) < 4.78 is 27.8. The van der Waals surface area contributed by atoms with Crippen LogP contribution in [0.2, 0.25) is 5.02 Å². The summed E-state index contributed by atoms with van der Waals surface area (Å²) in [5.74, 6) is -2.16. The molecule has 1 aromatic heterocycles. The van der Waals surface area contributed by atoms with Crippen molar-refractivity contribution in [2.75, 3.05) is 10.7 Å². The van der Waals surface area contributed by atoms with Crippen molar-refractivity contribution in [1.29, 1.82) is 0 Å². The Balaban J connectivity index is 1.36. The average Bonchev–Trinajstić information content (AvgIpc) is 3.47. The van der Waals surface area contributed by atoms with E-state index in [0.717, 1.165) is 15.3 Å². The molecule has 222 valence electrons. The van der Waals surface area contributed by atoms with Crippen LogP contribution in [0.15, 0.2) is 82.2 Å². The molecule has 2 fully saturated rings. The third kappa shape index (κ3) is 4.73. The number of hydrogen-bond acceptors (Lipinski definition) is 8. The van der Waals surface area contributed by atoms with E-state index >= 15 is 0 Å². The normalized spacial score (nSPS) is 23.9. The van der Waals surface area contributed by atoms with Gasteiger partial charge in [0, 0.05) is 15.7 Å². The van der Waals surface area contributed by atoms with Crippen LogP contribution in [0, 0.1) is 6.92 Å². The lowest BCUT2D eigenvalue weighted by Crippen LogP contribution is -2.91. The summed E-state index contributed by atoms with van der Waals surface area (Å²) in [5.41, 5.74) is 1.16. The minimum atomic E-state index is -4.34. The van der Waals surface area contributed by atoms with Gasteiger partial charge in [-0.15, -0.1) is 11.3 Å². The number of carbonyl (C=O) groups is 4. The number of urea groups is 1. The number of rotatable bonds is 8. The molecule has 4 amide bonds. The van der Waals surface area contributed by atoms with Gasteiger partial charge < -0.3 is 10.4 Å². The van der Waals surface area contributed by atoms with Crippen LogP contribution >= 0.6 is 34.7 Å². The number of aryl methyl sites for hydroxylation is 1. The van der Waals surface area contributed by atoms with E-state index in [1.807, 2.05) is 11.4 Å². The van der Waals surface area contributed by atoms with Crippen LogP contribution in [-0.2, 0) is 30.8 Å². The van der Waals surface area contributed by atoms with E-state index in [1.165, 1.54) is 59.5 Å². The quantitative estimate of drug-likeness (QED) is 0.246. The van der Waals surface area contributed by atoms with Crippen molar-refractivity contribution in [3.63, 3.8) is 0 Å². The van der Waals surface area contributed by atoms with E-state index in [-0.39, 0.29) is 34.4 Å². The van der Waals surface area contributed by atoms with Gasteiger partial charge in [0.25, 0.3) is 10.0 Å². The third-order valence-corrected chi connectivity index (χ3v) is 11.5. The van der Waals surface area contributed by atoms with E-state index in [4.69, 9.17) is 11.6 Å². The lowest BCUT2D eigenvalue weighted by atomic mass is 9.83. The molecule has 4 aliphatic rings. The Labute approximate surface area is 259 Å². The van der Waals surface area contributed by atoms with Gasteiger partial charge in [-0.2, -0.15) is 4.48 Å². The first kappa shape index (κ1) is 29.4. The number of thioether (sulfide) groups is 1. The number of carboxylic acids is 1. The van der Waals surface area contributed by atoms with Crippen LogP contribution in [0.3, 0.4) is 0 Å². The molecule has 2 unspecified atom stereocenters. The number of anilines is 1. The molecule has 0 saturated carbocycles. The zero-order valence-corrected chi connectivity index (χ0v) is 25.6. The molecular weight excluding hydrogens is 636 g/mol. The van der Waals surface area contributed by atoms with Crippen molar-refractivity contribution < 1.29 is 37.2 Å². The molecule has 5 heterocycles. The van der Waals surface area contributed by atoms with E-state index in [1.54, 1.807) is 25.1 Å². The lowest BCUT2D eigenvalue weighted by Gasteiger charge is -2.65. The fraction of sp³-hybridized carbons (Fsp3) is 0.214.